The lowest BCUT2D eigenvalue weighted by Gasteiger charge is -2.21. The second-order valence-electron chi connectivity index (χ2n) is 4.77. The molecule has 1 amide bonds. The molecule has 0 rings (SSSR count). The first-order valence-electron chi connectivity index (χ1n) is 5.21. The third-order valence-electron chi connectivity index (χ3n) is 2.27. The summed E-state index contributed by atoms with van der Waals surface area (Å²) in [6.45, 7) is 5.02. The molecule has 1 atom stereocenters. The maximum atomic E-state index is 11.7. The molecule has 0 heterocycles. The zero-order valence-corrected chi connectivity index (χ0v) is 11.4. The molecular weight excluding hydrogens is 226 g/mol. The van der Waals surface area contributed by atoms with Crippen LogP contribution >= 0.6 is 11.8 Å². The van der Waals surface area contributed by atoms with Crippen LogP contribution in [0, 0.1) is 11.3 Å². The van der Waals surface area contributed by atoms with Crippen molar-refractivity contribution in [3.8, 4) is 0 Å². The lowest BCUT2D eigenvalue weighted by molar-refractivity contribution is -0.131. The molecule has 1 N–H and O–H groups in total. The Morgan fingerprint density at radius 1 is 1.38 bits per heavy atom. The molecule has 1 unspecified atom stereocenters. The number of hydrogen-bond acceptors (Lipinski definition) is 4. The molecule has 16 heavy (non-hydrogen) atoms. The topological polar surface area (TPSA) is 57.6 Å². The van der Waals surface area contributed by atoms with Crippen molar-refractivity contribution in [1.82, 2.24) is 4.90 Å². The number of carbonyl (C=O) groups is 2. The van der Waals surface area contributed by atoms with Crippen LogP contribution in [0.25, 0.3) is 0 Å². The highest BCUT2D eigenvalue weighted by Crippen LogP contribution is 2.24. The predicted octanol–water partition coefficient (Wildman–Crippen LogP) is 0.989. The SMILES string of the molecule is CC(CSC(=O)C(C)(C)CO)C(=O)N(C)C. The van der Waals surface area contributed by atoms with Crippen molar-refractivity contribution in [1.29, 1.82) is 0 Å². The molecule has 0 fully saturated rings. The summed E-state index contributed by atoms with van der Waals surface area (Å²) in [6.07, 6.45) is 0. The smallest absolute Gasteiger partial charge is 0.225 e. The van der Waals surface area contributed by atoms with Gasteiger partial charge in [0, 0.05) is 25.8 Å². The monoisotopic (exact) mass is 247 g/mol. The zero-order valence-electron chi connectivity index (χ0n) is 10.6. The van der Waals surface area contributed by atoms with Gasteiger partial charge in [-0.2, -0.15) is 0 Å². The first kappa shape index (κ1) is 15.4. The summed E-state index contributed by atoms with van der Waals surface area (Å²) in [6, 6.07) is 0. The Labute approximate surface area is 101 Å². The normalized spacial score (nSPS) is 13.4. The second kappa shape index (κ2) is 6.25. The van der Waals surface area contributed by atoms with E-state index >= 15 is 0 Å². The van der Waals surface area contributed by atoms with E-state index in [0.29, 0.717) is 5.75 Å². The molecule has 0 saturated carbocycles. The average Bonchev–Trinajstić information content (AvgIpc) is 2.23. The van der Waals surface area contributed by atoms with E-state index in [1.165, 1.54) is 4.90 Å². The van der Waals surface area contributed by atoms with Gasteiger partial charge in [0.15, 0.2) is 5.12 Å². The van der Waals surface area contributed by atoms with Crippen molar-refractivity contribution >= 4 is 22.8 Å². The number of amides is 1. The standard InChI is InChI=1S/C11H21NO3S/c1-8(9(14)12(4)5)6-16-10(15)11(2,3)7-13/h8,13H,6-7H2,1-5H3. The van der Waals surface area contributed by atoms with Gasteiger partial charge in [0.2, 0.25) is 5.91 Å². The average molecular weight is 247 g/mol. The van der Waals surface area contributed by atoms with Crippen molar-refractivity contribution in [3.05, 3.63) is 0 Å². The molecule has 5 heteroatoms. The molecule has 0 aliphatic carbocycles. The van der Waals surface area contributed by atoms with Gasteiger partial charge in [-0.15, -0.1) is 0 Å². The van der Waals surface area contributed by atoms with Gasteiger partial charge in [-0.05, 0) is 13.8 Å². The maximum absolute atomic E-state index is 11.7. The number of nitrogens with zero attached hydrogens (tertiary/aromatic N) is 1. The fraction of sp³-hybridized carbons (Fsp3) is 0.818. The number of thioether (sulfide) groups is 1. The van der Waals surface area contributed by atoms with E-state index in [1.54, 1.807) is 34.9 Å². The third-order valence-corrected chi connectivity index (χ3v) is 3.76. The molecule has 94 valence electrons. The zero-order chi connectivity index (χ0) is 12.9. The molecule has 0 bridgehead atoms. The van der Waals surface area contributed by atoms with Gasteiger partial charge in [-0.3, -0.25) is 9.59 Å². The second-order valence-corrected chi connectivity index (χ2v) is 5.77. The van der Waals surface area contributed by atoms with E-state index in [4.69, 9.17) is 5.11 Å². The van der Waals surface area contributed by atoms with E-state index in [2.05, 4.69) is 0 Å². The summed E-state index contributed by atoms with van der Waals surface area (Å²) in [5, 5.41) is 8.94. The van der Waals surface area contributed by atoms with E-state index < -0.39 is 5.41 Å². The number of aliphatic hydroxyl groups excluding tert-OH is 1. The quantitative estimate of drug-likeness (QED) is 0.787. The van der Waals surface area contributed by atoms with Crippen LogP contribution < -0.4 is 0 Å². The minimum Gasteiger partial charge on any atom is -0.395 e. The molecule has 0 aromatic rings. The van der Waals surface area contributed by atoms with Crippen molar-refractivity contribution in [2.24, 2.45) is 11.3 Å². The Morgan fingerprint density at radius 3 is 2.25 bits per heavy atom. The minimum atomic E-state index is -0.731. The summed E-state index contributed by atoms with van der Waals surface area (Å²) in [4.78, 5) is 24.7. The summed E-state index contributed by atoms with van der Waals surface area (Å²) in [7, 11) is 3.39. The van der Waals surface area contributed by atoms with Gasteiger partial charge in [-0.1, -0.05) is 18.7 Å². The highest BCUT2D eigenvalue weighted by molar-refractivity contribution is 8.13. The Kier molecular flexibility index (Phi) is 6.04. The molecule has 0 spiro atoms. The maximum Gasteiger partial charge on any atom is 0.225 e. The van der Waals surface area contributed by atoms with Crippen molar-refractivity contribution in [2.75, 3.05) is 26.5 Å². The highest BCUT2D eigenvalue weighted by atomic mass is 32.2. The van der Waals surface area contributed by atoms with Gasteiger partial charge < -0.3 is 10.0 Å². The summed E-state index contributed by atoms with van der Waals surface area (Å²) < 4.78 is 0. The van der Waals surface area contributed by atoms with Gasteiger partial charge in [0.25, 0.3) is 0 Å². The van der Waals surface area contributed by atoms with Gasteiger partial charge in [0.05, 0.1) is 12.0 Å². The number of aliphatic hydroxyl groups is 1. The Hall–Kier alpha value is -0.550. The van der Waals surface area contributed by atoms with Gasteiger partial charge in [-0.25, -0.2) is 0 Å². The van der Waals surface area contributed by atoms with Gasteiger partial charge in [0.1, 0.15) is 0 Å². The molecular formula is C11H21NO3S. The molecule has 0 saturated heterocycles. The van der Waals surface area contributed by atoms with Crippen LogP contribution in [0.2, 0.25) is 0 Å². The molecule has 4 nitrogen and oxygen atoms in total. The predicted molar refractivity (Wildman–Crippen MR) is 66.2 cm³/mol. The molecule has 0 aromatic carbocycles. The summed E-state index contributed by atoms with van der Waals surface area (Å²) in [5.41, 5.74) is -0.731. The van der Waals surface area contributed by atoms with Crippen molar-refractivity contribution < 1.29 is 14.7 Å². The van der Waals surface area contributed by atoms with Crippen LogP contribution in [0.3, 0.4) is 0 Å². The lowest BCUT2D eigenvalue weighted by Crippen LogP contribution is -2.31. The van der Waals surface area contributed by atoms with Crippen LogP contribution in [-0.4, -0.2) is 47.5 Å². The van der Waals surface area contributed by atoms with Gasteiger partial charge >= 0.3 is 0 Å². The number of rotatable bonds is 5. The van der Waals surface area contributed by atoms with Crippen molar-refractivity contribution in [2.45, 2.75) is 20.8 Å². The minimum absolute atomic E-state index is 0.0158. The largest absolute Gasteiger partial charge is 0.395 e. The first-order chi connectivity index (χ1) is 7.22. The Balaban J connectivity index is 4.17. The first-order valence-corrected chi connectivity index (χ1v) is 6.20. The molecule has 0 aromatic heterocycles. The summed E-state index contributed by atoms with van der Waals surface area (Å²) in [5.74, 6) is 0.291. The fourth-order valence-electron chi connectivity index (χ4n) is 0.973. The van der Waals surface area contributed by atoms with E-state index in [1.807, 2.05) is 0 Å². The van der Waals surface area contributed by atoms with E-state index in [-0.39, 0.29) is 23.5 Å². The number of hydrogen-bond donors (Lipinski definition) is 1. The Morgan fingerprint density at radius 2 is 1.88 bits per heavy atom. The van der Waals surface area contributed by atoms with Crippen LogP contribution in [-0.2, 0) is 9.59 Å². The lowest BCUT2D eigenvalue weighted by atomic mass is 9.97. The van der Waals surface area contributed by atoms with Crippen LogP contribution in [0.15, 0.2) is 0 Å². The van der Waals surface area contributed by atoms with Crippen LogP contribution in [0.1, 0.15) is 20.8 Å². The third kappa shape index (κ3) is 4.53. The summed E-state index contributed by atoms with van der Waals surface area (Å²) >= 11 is 1.12. The fourth-order valence-corrected chi connectivity index (χ4v) is 1.97. The van der Waals surface area contributed by atoms with Crippen LogP contribution in [0.4, 0.5) is 0 Å². The van der Waals surface area contributed by atoms with Crippen molar-refractivity contribution in [3.63, 3.8) is 0 Å². The molecule has 0 aliphatic heterocycles. The van der Waals surface area contributed by atoms with Crippen LogP contribution in [0.5, 0.6) is 0 Å². The molecule has 0 radical (unpaired) electrons. The number of carbonyl (C=O) groups excluding carboxylic acids is 2. The van der Waals surface area contributed by atoms with E-state index in [0.717, 1.165) is 11.8 Å². The highest BCUT2D eigenvalue weighted by Gasteiger charge is 2.28. The molecule has 0 aliphatic rings. The van der Waals surface area contributed by atoms with E-state index in [9.17, 15) is 9.59 Å². The Bertz CT molecular complexity index is 264.